The van der Waals surface area contributed by atoms with Crippen LogP contribution >= 0.6 is 0 Å². The maximum absolute atomic E-state index is 12.1. The van der Waals surface area contributed by atoms with E-state index in [-0.39, 0.29) is 0 Å². The molecular formula is C12H21NO. The number of rotatable bonds is 1. The van der Waals surface area contributed by atoms with Gasteiger partial charge in [-0.05, 0) is 31.6 Å². The third-order valence-electron chi connectivity index (χ3n) is 3.85. The Hall–Kier alpha value is -0.530. The summed E-state index contributed by atoms with van der Waals surface area (Å²) in [6.07, 6.45) is 7.40. The van der Waals surface area contributed by atoms with E-state index in [0.29, 0.717) is 17.7 Å². The summed E-state index contributed by atoms with van der Waals surface area (Å²) >= 11 is 0. The molecule has 0 radical (unpaired) electrons. The number of carbonyl (C=O) groups excluding carboxylic acids is 1. The Balaban J connectivity index is 1.94. The lowest BCUT2D eigenvalue weighted by atomic mass is 9.79. The van der Waals surface area contributed by atoms with Crippen LogP contribution in [0.5, 0.6) is 0 Å². The second-order valence-corrected chi connectivity index (χ2v) is 4.90. The van der Waals surface area contributed by atoms with Gasteiger partial charge in [0.1, 0.15) is 0 Å². The number of hydrogen-bond donors (Lipinski definition) is 0. The van der Waals surface area contributed by atoms with Gasteiger partial charge < -0.3 is 4.90 Å². The van der Waals surface area contributed by atoms with Crippen molar-refractivity contribution < 1.29 is 4.79 Å². The quantitative estimate of drug-likeness (QED) is 0.629. The molecule has 1 amide bonds. The second-order valence-electron chi connectivity index (χ2n) is 4.90. The van der Waals surface area contributed by atoms with Crippen LogP contribution in [0.2, 0.25) is 0 Å². The van der Waals surface area contributed by atoms with E-state index in [1.807, 2.05) is 0 Å². The highest BCUT2D eigenvalue weighted by Crippen LogP contribution is 2.31. The van der Waals surface area contributed by atoms with E-state index in [4.69, 9.17) is 0 Å². The average Bonchev–Trinajstić information content (AvgIpc) is 2.70. The molecule has 0 aromatic carbocycles. The van der Waals surface area contributed by atoms with Crippen molar-refractivity contribution in [3.8, 4) is 0 Å². The van der Waals surface area contributed by atoms with Gasteiger partial charge in [0.2, 0.25) is 5.91 Å². The van der Waals surface area contributed by atoms with Crippen LogP contribution in [0.4, 0.5) is 0 Å². The molecular weight excluding hydrogens is 174 g/mol. The molecule has 0 unspecified atom stereocenters. The Morgan fingerprint density at radius 3 is 2.36 bits per heavy atom. The molecule has 2 atom stereocenters. The van der Waals surface area contributed by atoms with Crippen LogP contribution < -0.4 is 0 Å². The van der Waals surface area contributed by atoms with E-state index < -0.39 is 0 Å². The predicted molar refractivity (Wildman–Crippen MR) is 56.9 cm³/mol. The molecule has 0 aromatic rings. The molecule has 0 spiro atoms. The maximum atomic E-state index is 12.1. The highest BCUT2D eigenvalue weighted by atomic mass is 16.2. The number of nitrogens with zero attached hydrogens (tertiary/aromatic N) is 1. The summed E-state index contributed by atoms with van der Waals surface area (Å²) < 4.78 is 0. The lowest BCUT2D eigenvalue weighted by Gasteiger charge is -2.31. The Labute approximate surface area is 86.7 Å². The molecule has 1 aliphatic carbocycles. The van der Waals surface area contributed by atoms with Gasteiger partial charge in [-0.15, -0.1) is 0 Å². The van der Waals surface area contributed by atoms with Crippen molar-refractivity contribution in [1.82, 2.24) is 4.90 Å². The van der Waals surface area contributed by atoms with E-state index in [9.17, 15) is 4.79 Å². The summed E-state index contributed by atoms with van der Waals surface area (Å²) in [6.45, 7) is 4.28. The summed E-state index contributed by atoms with van der Waals surface area (Å²) in [4.78, 5) is 14.2. The lowest BCUT2D eigenvalue weighted by molar-refractivity contribution is -0.137. The van der Waals surface area contributed by atoms with E-state index in [2.05, 4.69) is 11.8 Å². The van der Waals surface area contributed by atoms with Crippen LogP contribution in [0.3, 0.4) is 0 Å². The molecule has 1 aliphatic heterocycles. The molecule has 0 aromatic heterocycles. The van der Waals surface area contributed by atoms with Crippen LogP contribution in [0, 0.1) is 11.8 Å². The Morgan fingerprint density at radius 2 is 1.71 bits per heavy atom. The molecule has 2 rings (SSSR count). The van der Waals surface area contributed by atoms with Crippen LogP contribution in [-0.4, -0.2) is 23.9 Å². The summed E-state index contributed by atoms with van der Waals surface area (Å²) in [5, 5.41) is 0. The Morgan fingerprint density at radius 1 is 1.07 bits per heavy atom. The van der Waals surface area contributed by atoms with Crippen molar-refractivity contribution in [3.63, 3.8) is 0 Å². The highest BCUT2D eigenvalue weighted by molar-refractivity contribution is 5.79. The van der Waals surface area contributed by atoms with E-state index >= 15 is 0 Å². The largest absolute Gasteiger partial charge is 0.342 e. The smallest absolute Gasteiger partial charge is 0.225 e. The van der Waals surface area contributed by atoms with Crippen LogP contribution in [0.1, 0.15) is 45.4 Å². The van der Waals surface area contributed by atoms with E-state index in [1.165, 1.54) is 32.1 Å². The molecule has 1 saturated heterocycles. The molecule has 1 heterocycles. The molecule has 1 saturated carbocycles. The molecule has 14 heavy (non-hydrogen) atoms. The summed E-state index contributed by atoms with van der Waals surface area (Å²) in [6, 6.07) is 0. The minimum Gasteiger partial charge on any atom is -0.342 e. The van der Waals surface area contributed by atoms with Crippen molar-refractivity contribution in [2.24, 2.45) is 11.8 Å². The van der Waals surface area contributed by atoms with Crippen molar-refractivity contribution in [2.75, 3.05) is 13.1 Å². The molecule has 2 nitrogen and oxygen atoms in total. The van der Waals surface area contributed by atoms with Gasteiger partial charge in [-0.1, -0.05) is 19.8 Å². The second kappa shape index (κ2) is 4.33. The summed E-state index contributed by atoms with van der Waals surface area (Å²) in [7, 11) is 0. The first-order valence-electron chi connectivity index (χ1n) is 6.08. The highest BCUT2D eigenvalue weighted by Gasteiger charge is 2.31. The molecule has 80 valence electrons. The van der Waals surface area contributed by atoms with Crippen molar-refractivity contribution >= 4 is 5.91 Å². The zero-order chi connectivity index (χ0) is 9.97. The van der Waals surface area contributed by atoms with Crippen LogP contribution in [0.15, 0.2) is 0 Å². The first kappa shape index (κ1) is 10.0. The fourth-order valence-electron chi connectivity index (χ4n) is 2.86. The van der Waals surface area contributed by atoms with Gasteiger partial charge >= 0.3 is 0 Å². The third kappa shape index (κ3) is 1.94. The first-order valence-corrected chi connectivity index (χ1v) is 6.08. The molecule has 2 aliphatic rings. The Kier molecular flexibility index (Phi) is 3.09. The number of hydrogen-bond acceptors (Lipinski definition) is 1. The van der Waals surface area contributed by atoms with Gasteiger partial charge in [-0.2, -0.15) is 0 Å². The lowest BCUT2D eigenvalue weighted by Crippen LogP contribution is -2.37. The molecule has 2 fully saturated rings. The third-order valence-corrected chi connectivity index (χ3v) is 3.85. The number of amides is 1. The zero-order valence-electron chi connectivity index (χ0n) is 9.17. The number of likely N-dealkylation sites (tertiary alicyclic amines) is 1. The number of carbonyl (C=O) groups is 1. The normalized spacial score (nSPS) is 33.4. The van der Waals surface area contributed by atoms with Crippen LogP contribution in [-0.2, 0) is 4.79 Å². The standard InChI is InChI=1S/C12H21NO/c1-10-6-2-3-7-11(10)12(14)13-8-4-5-9-13/h10-11H,2-9H2,1H3/t10-,11+/m0/s1. The average molecular weight is 195 g/mol. The zero-order valence-corrected chi connectivity index (χ0v) is 9.17. The SMILES string of the molecule is C[C@H]1CCCC[C@H]1C(=O)N1CCCC1. The summed E-state index contributed by atoms with van der Waals surface area (Å²) in [5.41, 5.74) is 0. The monoisotopic (exact) mass is 195 g/mol. The van der Waals surface area contributed by atoms with Gasteiger partial charge in [0, 0.05) is 19.0 Å². The van der Waals surface area contributed by atoms with Gasteiger partial charge in [-0.3, -0.25) is 4.79 Å². The van der Waals surface area contributed by atoms with Crippen molar-refractivity contribution in [1.29, 1.82) is 0 Å². The molecule has 2 heteroatoms. The van der Waals surface area contributed by atoms with Gasteiger partial charge in [0.05, 0.1) is 0 Å². The fourth-order valence-corrected chi connectivity index (χ4v) is 2.86. The van der Waals surface area contributed by atoms with Gasteiger partial charge in [0.25, 0.3) is 0 Å². The summed E-state index contributed by atoms with van der Waals surface area (Å²) in [5.74, 6) is 1.42. The van der Waals surface area contributed by atoms with E-state index in [1.54, 1.807) is 0 Å². The first-order chi connectivity index (χ1) is 6.79. The maximum Gasteiger partial charge on any atom is 0.225 e. The fraction of sp³-hybridized carbons (Fsp3) is 0.917. The minimum atomic E-state index is 0.349. The molecule has 0 bridgehead atoms. The minimum absolute atomic E-state index is 0.349. The van der Waals surface area contributed by atoms with Gasteiger partial charge in [0.15, 0.2) is 0 Å². The van der Waals surface area contributed by atoms with E-state index in [0.717, 1.165) is 19.5 Å². The topological polar surface area (TPSA) is 20.3 Å². The van der Waals surface area contributed by atoms with Crippen molar-refractivity contribution in [3.05, 3.63) is 0 Å². The van der Waals surface area contributed by atoms with Crippen LogP contribution in [0.25, 0.3) is 0 Å². The molecule has 0 N–H and O–H groups in total. The predicted octanol–water partition coefficient (Wildman–Crippen LogP) is 2.44. The van der Waals surface area contributed by atoms with Crippen molar-refractivity contribution in [2.45, 2.75) is 45.4 Å². The van der Waals surface area contributed by atoms with Gasteiger partial charge in [-0.25, -0.2) is 0 Å². The Bertz CT molecular complexity index is 208.